The van der Waals surface area contributed by atoms with Crippen LogP contribution in [-0.4, -0.2) is 52.0 Å². The maximum Gasteiger partial charge on any atom is 0.230 e. The van der Waals surface area contributed by atoms with E-state index in [1.807, 2.05) is 32.3 Å². The van der Waals surface area contributed by atoms with Gasteiger partial charge in [-0.15, -0.1) is 10.2 Å². The number of hydrogen-bond donors (Lipinski definition) is 1. The Morgan fingerprint density at radius 1 is 1.23 bits per heavy atom. The van der Waals surface area contributed by atoms with Gasteiger partial charge in [-0.2, -0.15) is 0 Å². The molecule has 26 heavy (non-hydrogen) atoms. The molecule has 0 unspecified atom stereocenters. The van der Waals surface area contributed by atoms with Crippen molar-refractivity contribution in [2.75, 3.05) is 26.4 Å². The number of amides is 1. The number of carbonyl (C=O) groups is 1. The standard InChI is InChI=1S/C19H27N5OS/c1-23(2)16(15-9-5-3-6-10-15)13-20-18(25)14-26-19-22-21-17-11-7-4-8-12-24(17)19/h3,5-6,9-10,16H,4,7-8,11-14H2,1-2H3,(H,20,25)/t16-/m0/s1. The van der Waals surface area contributed by atoms with E-state index in [0.29, 0.717) is 12.3 Å². The number of likely N-dealkylation sites (N-methyl/N-ethyl adjacent to an activating group) is 1. The molecule has 1 N–H and O–H groups in total. The van der Waals surface area contributed by atoms with Gasteiger partial charge in [-0.25, -0.2) is 0 Å². The van der Waals surface area contributed by atoms with Crippen LogP contribution in [-0.2, 0) is 17.8 Å². The van der Waals surface area contributed by atoms with Gasteiger partial charge in [0.1, 0.15) is 5.82 Å². The number of benzene rings is 1. The largest absolute Gasteiger partial charge is 0.353 e. The Hall–Kier alpha value is -1.86. The lowest BCUT2D eigenvalue weighted by molar-refractivity contribution is -0.118. The van der Waals surface area contributed by atoms with E-state index in [1.54, 1.807) is 0 Å². The molecule has 1 atom stereocenters. The number of rotatable bonds is 7. The smallest absolute Gasteiger partial charge is 0.230 e. The lowest BCUT2D eigenvalue weighted by atomic mass is 10.1. The minimum Gasteiger partial charge on any atom is -0.353 e. The highest BCUT2D eigenvalue weighted by Gasteiger charge is 2.18. The maximum atomic E-state index is 12.3. The summed E-state index contributed by atoms with van der Waals surface area (Å²) in [4.78, 5) is 14.5. The van der Waals surface area contributed by atoms with Gasteiger partial charge in [0.05, 0.1) is 11.8 Å². The average molecular weight is 374 g/mol. The predicted octanol–water partition coefficient (Wildman–Crippen LogP) is 2.52. The van der Waals surface area contributed by atoms with E-state index in [-0.39, 0.29) is 11.9 Å². The molecule has 0 radical (unpaired) electrons. The van der Waals surface area contributed by atoms with Crippen LogP contribution >= 0.6 is 11.8 Å². The number of thioether (sulfide) groups is 1. The fourth-order valence-corrected chi connectivity index (χ4v) is 4.04. The van der Waals surface area contributed by atoms with Crippen molar-refractivity contribution in [1.82, 2.24) is 25.0 Å². The van der Waals surface area contributed by atoms with E-state index in [1.165, 1.54) is 30.2 Å². The number of nitrogens with zero attached hydrogens (tertiary/aromatic N) is 4. The molecule has 3 rings (SSSR count). The zero-order chi connectivity index (χ0) is 18.4. The molecule has 0 saturated carbocycles. The topological polar surface area (TPSA) is 63.1 Å². The van der Waals surface area contributed by atoms with Crippen molar-refractivity contribution in [2.45, 2.75) is 43.4 Å². The van der Waals surface area contributed by atoms with Crippen molar-refractivity contribution < 1.29 is 4.79 Å². The molecule has 7 heteroatoms. The highest BCUT2D eigenvalue weighted by Crippen LogP contribution is 2.22. The maximum absolute atomic E-state index is 12.3. The molecule has 1 aromatic heterocycles. The normalized spacial score (nSPS) is 15.3. The second-order valence-electron chi connectivity index (χ2n) is 6.84. The molecule has 0 spiro atoms. The van der Waals surface area contributed by atoms with Crippen LogP contribution in [0.1, 0.15) is 36.7 Å². The summed E-state index contributed by atoms with van der Waals surface area (Å²) >= 11 is 1.48. The fourth-order valence-electron chi connectivity index (χ4n) is 3.23. The van der Waals surface area contributed by atoms with E-state index in [2.05, 4.69) is 37.1 Å². The van der Waals surface area contributed by atoms with Gasteiger partial charge in [0.15, 0.2) is 5.16 Å². The highest BCUT2D eigenvalue weighted by atomic mass is 32.2. The van der Waals surface area contributed by atoms with Gasteiger partial charge >= 0.3 is 0 Å². The van der Waals surface area contributed by atoms with E-state index in [9.17, 15) is 4.79 Å². The van der Waals surface area contributed by atoms with Gasteiger partial charge in [0, 0.05) is 19.5 Å². The quantitative estimate of drug-likeness (QED) is 0.756. The molecule has 0 fully saturated rings. The molecule has 2 aromatic rings. The second kappa shape index (κ2) is 9.19. The highest BCUT2D eigenvalue weighted by molar-refractivity contribution is 7.99. The summed E-state index contributed by atoms with van der Waals surface area (Å²) in [5.41, 5.74) is 1.20. The van der Waals surface area contributed by atoms with Crippen molar-refractivity contribution in [3.63, 3.8) is 0 Å². The SMILES string of the molecule is CN(C)[C@@H](CNC(=O)CSc1nnc2n1CCCCC2)c1ccccc1. The van der Waals surface area contributed by atoms with Crippen LogP contribution in [0.4, 0.5) is 0 Å². The Kier molecular flexibility index (Phi) is 6.68. The molecule has 1 aliphatic heterocycles. The number of aryl methyl sites for hydroxylation is 1. The van der Waals surface area contributed by atoms with Crippen LogP contribution in [0.5, 0.6) is 0 Å². The molecule has 2 heterocycles. The summed E-state index contributed by atoms with van der Waals surface area (Å²) in [6.45, 7) is 1.55. The average Bonchev–Trinajstić information content (AvgIpc) is 2.87. The Balaban J connectivity index is 1.52. The van der Waals surface area contributed by atoms with Crippen molar-refractivity contribution in [1.29, 1.82) is 0 Å². The Labute approximate surface area is 159 Å². The monoisotopic (exact) mass is 373 g/mol. The number of aromatic nitrogens is 3. The van der Waals surface area contributed by atoms with Gasteiger partial charge in [0.2, 0.25) is 5.91 Å². The first-order chi connectivity index (χ1) is 12.6. The third-order valence-electron chi connectivity index (χ3n) is 4.71. The zero-order valence-corrected chi connectivity index (χ0v) is 16.3. The second-order valence-corrected chi connectivity index (χ2v) is 7.79. The fraction of sp³-hybridized carbons (Fsp3) is 0.526. The third kappa shape index (κ3) is 4.86. The first kappa shape index (κ1) is 18.9. The summed E-state index contributed by atoms with van der Waals surface area (Å²) in [5.74, 6) is 1.46. The molecule has 140 valence electrons. The van der Waals surface area contributed by atoms with Crippen molar-refractivity contribution >= 4 is 17.7 Å². The van der Waals surface area contributed by atoms with Crippen molar-refractivity contribution in [2.24, 2.45) is 0 Å². The molecule has 6 nitrogen and oxygen atoms in total. The summed E-state index contributed by atoms with van der Waals surface area (Å²) < 4.78 is 2.18. The van der Waals surface area contributed by atoms with E-state index in [0.717, 1.165) is 30.4 Å². The number of nitrogens with one attached hydrogen (secondary N) is 1. The number of carbonyl (C=O) groups excluding carboxylic acids is 1. The Morgan fingerprint density at radius 2 is 2.04 bits per heavy atom. The van der Waals surface area contributed by atoms with E-state index in [4.69, 9.17) is 0 Å². The van der Waals surface area contributed by atoms with E-state index >= 15 is 0 Å². The lowest BCUT2D eigenvalue weighted by Gasteiger charge is -2.25. The molecular weight excluding hydrogens is 346 g/mol. The molecule has 0 bridgehead atoms. The van der Waals surface area contributed by atoms with Gasteiger partial charge in [0.25, 0.3) is 0 Å². The first-order valence-corrected chi connectivity index (χ1v) is 10.2. The van der Waals surface area contributed by atoms with Gasteiger partial charge < -0.3 is 14.8 Å². The number of hydrogen-bond acceptors (Lipinski definition) is 5. The minimum atomic E-state index is 0.0313. The Morgan fingerprint density at radius 3 is 2.81 bits per heavy atom. The van der Waals surface area contributed by atoms with Crippen LogP contribution in [0, 0.1) is 0 Å². The zero-order valence-electron chi connectivity index (χ0n) is 15.5. The van der Waals surface area contributed by atoms with Gasteiger partial charge in [-0.3, -0.25) is 4.79 Å². The minimum absolute atomic E-state index is 0.0313. The Bertz CT molecular complexity index is 716. The molecule has 0 aliphatic carbocycles. The molecule has 1 aromatic carbocycles. The molecule has 1 amide bonds. The summed E-state index contributed by atoms with van der Waals surface area (Å²) in [7, 11) is 4.06. The van der Waals surface area contributed by atoms with Gasteiger partial charge in [-0.05, 0) is 32.5 Å². The molecule has 0 saturated heterocycles. The van der Waals surface area contributed by atoms with Gasteiger partial charge in [-0.1, -0.05) is 48.5 Å². The van der Waals surface area contributed by atoms with E-state index < -0.39 is 0 Å². The first-order valence-electron chi connectivity index (χ1n) is 9.18. The predicted molar refractivity (Wildman–Crippen MR) is 104 cm³/mol. The molecule has 1 aliphatic rings. The molecular formula is C19H27N5OS. The van der Waals surface area contributed by atoms with Crippen molar-refractivity contribution in [3.05, 3.63) is 41.7 Å². The summed E-state index contributed by atoms with van der Waals surface area (Å²) in [5, 5.41) is 12.5. The summed E-state index contributed by atoms with van der Waals surface area (Å²) in [6, 6.07) is 10.4. The number of fused-ring (bicyclic) bond motifs is 1. The third-order valence-corrected chi connectivity index (χ3v) is 5.67. The van der Waals surface area contributed by atoms with Crippen LogP contribution in [0.3, 0.4) is 0 Å². The van der Waals surface area contributed by atoms with Crippen molar-refractivity contribution in [3.8, 4) is 0 Å². The van der Waals surface area contributed by atoms with Crippen LogP contribution in [0.25, 0.3) is 0 Å². The lowest BCUT2D eigenvalue weighted by Crippen LogP contribution is -2.35. The van der Waals surface area contributed by atoms with Crippen LogP contribution < -0.4 is 5.32 Å². The van der Waals surface area contributed by atoms with Crippen LogP contribution in [0.2, 0.25) is 0 Å². The summed E-state index contributed by atoms with van der Waals surface area (Å²) in [6.07, 6.45) is 4.56. The van der Waals surface area contributed by atoms with Crippen LogP contribution in [0.15, 0.2) is 35.5 Å².